The van der Waals surface area contributed by atoms with Crippen molar-refractivity contribution in [3.05, 3.63) is 18.1 Å². The number of aromatic nitrogens is 2. The van der Waals surface area contributed by atoms with Crippen LogP contribution in [0, 0.1) is 5.92 Å². The van der Waals surface area contributed by atoms with Crippen molar-refractivity contribution < 1.29 is 0 Å². The van der Waals surface area contributed by atoms with E-state index in [-0.39, 0.29) is 0 Å². The lowest BCUT2D eigenvalue weighted by Crippen LogP contribution is -2.36. The van der Waals surface area contributed by atoms with Crippen molar-refractivity contribution in [2.75, 3.05) is 11.9 Å². The second-order valence-electron chi connectivity index (χ2n) is 6.60. The lowest BCUT2D eigenvalue weighted by Gasteiger charge is -2.35. The van der Waals surface area contributed by atoms with Crippen LogP contribution in [0.3, 0.4) is 0 Å². The maximum Gasteiger partial charge on any atom is 0.147 e. The van der Waals surface area contributed by atoms with Crippen LogP contribution in [0.25, 0.3) is 0 Å². The molecule has 1 aromatic heterocycles. The van der Waals surface area contributed by atoms with Gasteiger partial charge >= 0.3 is 0 Å². The summed E-state index contributed by atoms with van der Waals surface area (Å²) in [6, 6.07) is 1.09. The van der Waals surface area contributed by atoms with E-state index in [2.05, 4.69) is 43.0 Å². The number of anilines is 1. The molecule has 4 heteroatoms. The summed E-state index contributed by atoms with van der Waals surface area (Å²) in [4.78, 5) is 11.5. The van der Waals surface area contributed by atoms with Gasteiger partial charge in [0.25, 0.3) is 0 Å². The second kappa shape index (κ2) is 7.74. The number of hydrogen-bond donors (Lipinski definition) is 1. The Morgan fingerprint density at radius 3 is 2.57 bits per heavy atom. The summed E-state index contributed by atoms with van der Waals surface area (Å²) in [6.07, 6.45) is 10.4. The van der Waals surface area contributed by atoms with Crippen molar-refractivity contribution in [1.29, 1.82) is 0 Å². The fourth-order valence-electron chi connectivity index (χ4n) is 3.09. The minimum atomic E-state index is 0.470. The highest BCUT2D eigenvalue weighted by atomic mass is 15.2. The Balaban J connectivity index is 1.95. The third-order valence-electron chi connectivity index (χ3n) is 4.67. The lowest BCUT2D eigenvalue weighted by atomic mass is 9.84. The van der Waals surface area contributed by atoms with E-state index in [1.807, 2.05) is 12.4 Å². The van der Waals surface area contributed by atoms with E-state index in [9.17, 15) is 0 Å². The zero-order chi connectivity index (χ0) is 15.2. The van der Waals surface area contributed by atoms with Crippen LogP contribution in [0.4, 0.5) is 5.82 Å². The third kappa shape index (κ3) is 4.67. The molecule has 0 unspecified atom stereocenters. The fraction of sp³-hybridized carbons (Fsp3) is 0.765. The Hall–Kier alpha value is -1.16. The van der Waals surface area contributed by atoms with E-state index < -0.39 is 0 Å². The molecule has 1 heterocycles. The minimum absolute atomic E-state index is 0.470. The van der Waals surface area contributed by atoms with Gasteiger partial charge in [0.2, 0.25) is 0 Å². The number of nitrogens with zero attached hydrogens (tertiary/aromatic N) is 3. The van der Waals surface area contributed by atoms with Crippen molar-refractivity contribution >= 4 is 5.82 Å². The van der Waals surface area contributed by atoms with Gasteiger partial charge in [0.1, 0.15) is 5.82 Å². The van der Waals surface area contributed by atoms with Gasteiger partial charge in [-0.2, -0.15) is 0 Å². The van der Waals surface area contributed by atoms with Crippen molar-refractivity contribution in [1.82, 2.24) is 15.3 Å². The molecule has 0 atom stereocenters. The SMILES string of the molecule is CCC1CCC(N(C)c2cncc(CNC(C)C)n2)CC1. The molecular formula is C17H30N4. The van der Waals surface area contributed by atoms with E-state index in [4.69, 9.17) is 4.98 Å². The highest BCUT2D eigenvalue weighted by Crippen LogP contribution is 2.30. The van der Waals surface area contributed by atoms with Crippen LogP contribution in [0.1, 0.15) is 58.6 Å². The van der Waals surface area contributed by atoms with Crippen LogP contribution in [-0.4, -0.2) is 29.1 Å². The maximum absolute atomic E-state index is 4.76. The molecule has 4 nitrogen and oxygen atoms in total. The van der Waals surface area contributed by atoms with Crippen LogP contribution in [0.2, 0.25) is 0 Å². The van der Waals surface area contributed by atoms with E-state index in [1.54, 1.807) is 0 Å². The predicted molar refractivity (Wildman–Crippen MR) is 88.4 cm³/mol. The summed E-state index contributed by atoms with van der Waals surface area (Å²) in [5, 5.41) is 3.40. The van der Waals surface area contributed by atoms with Crippen LogP contribution in [0.5, 0.6) is 0 Å². The van der Waals surface area contributed by atoms with Crippen molar-refractivity contribution in [3.8, 4) is 0 Å². The van der Waals surface area contributed by atoms with Gasteiger partial charge in [-0.05, 0) is 31.6 Å². The van der Waals surface area contributed by atoms with Crippen LogP contribution in [0.15, 0.2) is 12.4 Å². The first-order chi connectivity index (χ1) is 10.1. The highest BCUT2D eigenvalue weighted by molar-refractivity contribution is 5.36. The summed E-state index contributed by atoms with van der Waals surface area (Å²) in [5.41, 5.74) is 1.02. The Bertz CT molecular complexity index is 425. The van der Waals surface area contributed by atoms with Gasteiger partial charge in [0, 0.05) is 31.9 Å². The molecule has 0 bridgehead atoms. The molecule has 1 N–H and O–H groups in total. The zero-order valence-electron chi connectivity index (χ0n) is 14.0. The Labute approximate surface area is 129 Å². The van der Waals surface area contributed by atoms with Gasteiger partial charge in [0.05, 0.1) is 11.9 Å². The Morgan fingerprint density at radius 2 is 1.95 bits per heavy atom. The summed E-state index contributed by atoms with van der Waals surface area (Å²) in [6.45, 7) is 7.39. The number of rotatable bonds is 6. The number of hydrogen-bond acceptors (Lipinski definition) is 4. The van der Waals surface area contributed by atoms with Gasteiger partial charge in [-0.15, -0.1) is 0 Å². The van der Waals surface area contributed by atoms with E-state index in [1.165, 1.54) is 32.1 Å². The molecule has 0 saturated heterocycles. The smallest absolute Gasteiger partial charge is 0.147 e. The first-order valence-corrected chi connectivity index (χ1v) is 8.37. The number of nitrogens with one attached hydrogen (secondary N) is 1. The van der Waals surface area contributed by atoms with E-state index >= 15 is 0 Å². The Morgan fingerprint density at radius 1 is 1.24 bits per heavy atom. The van der Waals surface area contributed by atoms with E-state index in [0.29, 0.717) is 12.1 Å². The normalized spacial score (nSPS) is 22.5. The van der Waals surface area contributed by atoms with Crippen LogP contribution in [-0.2, 0) is 6.54 Å². The van der Waals surface area contributed by atoms with Crippen molar-refractivity contribution in [2.45, 2.75) is 71.5 Å². The maximum atomic E-state index is 4.76. The predicted octanol–water partition coefficient (Wildman–Crippen LogP) is 3.38. The second-order valence-corrected chi connectivity index (χ2v) is 6.60. The molecule has 1 aromatic rings. The Kier molecular flexibility index (Phi) is 5.97. The molecule has 1 aliphatic carbocycles. The molecule has 0 aromatic carbocycles. The van der Waals surface area contributed by atoms with Gasteiger partial charge in [-0.3, -0.25) is 4.98 Å². The lowest BCUT2D eigenvalue weighted by molar-refractivity contribution is 0.312. The largest absolute Gasteiger partial charge is 0.355 e. The summed E-state index contributed by atoms with van der Waals surface area (Å²) in [5.74, 6) is 1.94. The molecule has 21 heavy (non-hydrogen) atoms. The first kappa shape index (κ1) is 16.2. The average molecular weight is 290 g/mol. The highest BCUT2D eigenvalue weighted by Gasteiger charge is 2.24. The molecule has 2 rings (SSSR count). The molecule has 1 saturated carbocycles. The summed E-state index contributed by atoms with van der Waals surface area (Å²) in [7, 11) is 2.17. The first-order valence-electron chi connectivity index (χ1n) is 8.37. The quantitative estimate of drug-likeness (QED) is 0.872. The molecule has 0 radical (unpaired) electrons. The summed E-state index contributed by atoms with van der Waals surface area (Å²) >= 11 is 0. The molecule has 0 spiro atoms. The molecule has 1 aliphatic rings. The van der Waals surface area contributed by atoms with Gasteiger partial charge in [-0.25, -0.2) is 4.98 Å². The van der Waals surface area contributed by atoms with Crippen molar-refractivity contribution in [3.63, 3.8) is 0 Å². The molecule has 1 fully saturated rings. The molecular weight excluding hydrogens is 260 g/mol. The van der Waals surface area contributed by atoms with Gasteiger partial charge < -0.3 is 10.2 Å². The fourth-order valence-corrected chi connectivity index (χ4v) is 3.09. The molecule has 118 valence electrons. The molecule has 0 aliphatic heterocycles. The topological polar surface area (TPSA) is 41.1 Å². The van der Waals surface area contributed by atoms with Crippen LogP contribution >= 0.6 is 0 Å². The third-order valence-corrected chi connectivity index (χ3v) is 4.67. The average Bonchev–Trinajstić information content (AvgIpc) is 2.52. The monoisotopic (exact) mass is 290 g/mol. The van der Waals surface area contributed by atoms with Crippen molar-refractivity contribution in [2.24, 2.45) is 5.92 Å². The minimum Gasteiger partial charge on any atom is -0.355 e. The molecule has 0 amide bonds. The summed E-state index contributed by atoms with van der Waals surface area (Å²) < 4.78 is 0. The standard InChI is InChI=1S/C17H30N4/c1-5-14-6-8-16(9-7-14)21(4)17-12-18-10-15(20-17)11-19-13(2)3/h10,12-14,16,19H,5-9,11H2,1-4H3. The van der Waals surface area contributed by atoms with Gasteiger partial charge in [0.15, 0.2) is 0 Å². The van der Waals surface area contributed by atoms with Gasteiger partial charge in [-0.1, -0.05) is 27.2 Å². The zero-order valence-corrected chi connectivity index (χ0v) is 14.0. The van der Waals surface area contributed by atoms with E-state index in [0.717, 1.165) is 24.0 Å². The van der Waals surface area contributed by atoms with Crippen LogP contribution < -0.4 is 10.2 Å².